The van der Waals surface area contributed by atoms with Crippen LogP contribution in [0.5, 0.6) is 0 Å². The van der Waals surface area contributed by atoms with Crippen molar-refractivity contribution in [2.75, 3.05) is 27.2 Å². The minimum Gasteiger partial charge on any atom is -0.347 e. The number of amides is 1. The van der Waals surface area contributed by atoms with Gasteiger partial charge in [-0.15, -0.1) is 11.3 Å². The molecule has 0 saturated heterocycles. The van der Waals surface area contributed by atoms with Crippen LogP contribution in [0.1, 0.15) is 16.0 Å². The number of aliphatic imine (C=N–C) groups is 1. The average molecular weight is 435 g/mol. The summed E-state index contributed by atoms with van der Waals surface area (Å²) in [5.74, 6) is 0.819. The Balaban J connectivity index is 1.54. The van der Waals surface area contributed by atoms with Crippen LogP contribution in [0.3, 0.4) is 0 Å². The topological polar surface area (TPSA) is 47.9 Å². The molecule has 2 heterocycles. The van der Waals surface area contributed by atoms with E-state index in [1.54, 1.807) is 18.4 Å². The molecule has 0 spiro atoms. The minimum absolute atomic E-state index is 0.109. The number of nitrogens with one attached hydrogen (secondary N) is 1. The second-order valence-corrected chi connectivity index (χ2v) is 8.14. The molecule has 0 bridgehead atoms. The molecule has 1 amide bonds. The predicted molar refractivity (Wildman–Crippen MR) is 110 cm³/mol. The maximum atomic E-state index is 12.6. The Hall–Kier alpha value is -1.86. The fourth-order valence-electron chi connectivity index (χ4n) is 3.07. The molecule has 0 radical (unpaired) electrons. The minimum atomic E-state index is 0.109. The van der Waals surface area contributed by atoms with Gasteiger partial charge in [-0.1, -0.05) is 34.1 Å². The van der Waals surface area contributed by atoms with E-state index in [-0.39, 0.29) is 12.5 Å². The van der Waals surface area contributed by atoms with Gasteiger partial charge in [0.15, 0.2) is 5.96 Å². The number of benzene rings is 1. The number of fused-ring (bicyclic) bond motifs is 1. The van der Waals surface area contributed by atoms with Crippen molar-refractivity contribution in [1.29, 1.82) is 0 Å². The standard InChI is InChI=1S/C19H23BrN4OS/c1-21-19(23(2)12-14-5-3-4-6-16(14)20)22-11-18(25)24-9-7-17-15(13-24)8-10-26-17/h3-6,8,10H,7,9,11-13H2,1-2H3,(H,21,22). The molecule has 0 fully saturated rings. The fourth-order valence-corrected chi connectivity index (χ4v) is 4.37. The van der Waals surface area contributed by atoms with Gasteiger partial charge < -0.3 is 15.1 Å². The zero-order chi connectivity index (χ0) is 18.5. The van der Waals surface area contributed by atoms with Crippen LogP contribution in [0.15, 0.2) is 45.2 Å². The first-order chi connectivity index (χ1) is 12.6. The van der Waals surface area contributed by atoms with Crippen molar-refractivity contribution < 1.29 is 4.79 Å². The number of halogens is 1. The van der Waals surface area contributed by atoms with E-state index in [1.807, 2.05) is 35.0 Å². The van der Waals surface area contributed by atoms with Crippen molar-refractivity contribution in [2.24, 2.45) is 4.99 Å². The van der Waals surface area contributed by atoms with Crippen molar-refractivity contribution in [3.63, 3.8) is 0 Å². The molecule has 2 aromatic rings. The monoisotopic (exact) mass is 434 g/mol. The lowest BCUT2D eigenvalue weighted by Crippen LogP contribution is -2.46. The van der Waals surface area contributed by atoms with Gasteiger partial charge in [-0.25, -0.2) is 0 Å². The van der Waals surface area contributed by atoms with Gasteiger partial charge in [0.1, 0.15) is 0 Å². The third kappa shape index (κ3) is 4.45. The Morgan fingerprint density at radius 1 is 1.38 bits per heavy atom. The smallest absolute Gasteiger partial charge is 0.242 e. The van der Waals surface area contributed by atoms with E-state index < -0.39 is 0 Å². The van der Waals surface area contributed by atoms with Gasteiger partial charge in [0.25, 0.3) is 0 Å². The molecular weight excluding hydrogens is 412 g/mol. The van der Waals surface area contributed by atoms with Crippen molar-refractivity contribution in [1.82, 2.24) is 15.1 Å². The van der Waals surface area contributed by atoms with Gasteiger partial charge in [0.2, 0.25) is 5.91 Å². The zero-order valence-electron chi connectivity index (χ0n) is 15.0. The van der Waals surface area contributed by atoms with Crippen LogP contribution in [-0.4, -0.2) is 48.9 Å². The van der Waals surface area contributed by atoms with E-state index in [1.165, 1.54) is 16.0 Å². The summed E-state index contributed by atoms with van der Waals surface area (Å²) >= 11 is 5.36. The molecule has 1 N–H and O–H groups in total. The van der Waals surface area contributed by atoms with Crippen molar-refractivity contribution in [3.05, 3.63) is 56.2 Å². The van der Waals surface area contributed by atoms with Crippen LogP contribution in [0, 0.1) is 0 Å². The van der Waals surface area contributed by atoms with Gasteiger partial charge in [-0.3, -0.25) is 9.79 Å². The van der Waals surface area contributed by atoms with Crippen LogP contribution in [0.4, 0.5) is 0 Å². The Morgan fingerprint density at radius 3 is 2.96 bits per heavy atom. The maximum absolute atomic E-state index is 12.6. The quantitative estimate of drug-likeness (QED) is 0.593. The lowest BCUT2D eigenvalue weighted by atomic mass is 10.1. The normalized spacial score (nSPS) is 14.1. The van der Waals surface area contributed by atoms with Gasteiger partial charge in [0.05, 0.1) is 6.54 Å². The van der Waals surface area contributed by atoms with Gasteiger partial charge in [-0.05, 0) is 35.1 Å². The number of guanidine groups is 1. The van der Waals surface area contributed by atoms with Crippen LogP contribution in [0.25, 0.3) is 0 Å². The summed E-state index contributed by atoms with van der Waals surface area (Å²) in [6, 6.07) is 10.2. The molecule has 1 aromatic heterocycles. The van der Waals surface area contributed by atoms with E-state index >= 15 is 0 Å². The molecule has 0 atom stereocenters. The van der Waals surface area contributed by atoms with Crippen LogP contribution in [0.2, 0.25) is 0 Å². The summed E-state index contributed by atoms with van der Waals surface area (Å²) < 4.78 is 1.07. The van der Waals surface area contributed by atoms with Gasteiger partial charge >= 0.3 is 0 Å². The van der Waals surface area contributed by atoms with E-state index in [0.29, 0.717) is 19.0 Å². The first-order valence-electron chi connectivity index (χ1n) is 8.56. The molecule has 26 heavy (non-hydrogen) atoms. The number of carbonyl (C=O) groups excluding carboxylic acids is 1. The summed E-state index contributed by atoms with van der Waals surface area (Å²) in [5, 5.41) is 5.30. The van der Waals surface area contributed by atoms with E-state index in [9.17, 15) is 4.79 Å². The maximum Gasteiger partial charge on any atom is 0.242 e. The number of rotatable bonds is 4. The molecule has 3 rings (SSSR count). The van der Waals surface area contributed by atoms with E-state index in [4.69, 9.17) is 0 Å². The molecule has 0 aliphatic carbocycles. The first-order valence-corrected chi connectivity index (χ1v) is 10.2. The predicted octanol–water partition coefficient (Wildman–Crippen LogP) is 3.10. The highest BCUT2D eigenvalue weighted by Crippen LogP contribution is 2.23. The van der Waals surface area contributed by atoms with E-state index in [2.05, 4.69) is 43.8 Å². The molecule has 1 aliphatic rings. The van der Waals surface area contributed by atoms with Crippen LogP contribution < -0.4 is 5.32 Å². The highest BCUT2D eigenvalue weighted by molar-refractivity contribution is 9.10. The molecular formula is C19H23BrN4OS. The Labute approximate surface area is 166 Å². The molecule has 0 saturated carbocycles. The van der Waals surface area contributed by atoms with Gasteiger partial charge in [-0.2, -0.15) is 0 Å². The summed E-state index contributed by atoms with van der Waals surface area (Å²) in [7, 11) is 3.71. The average Bonchev–Trinajstić information content (AvgIpc) is 3.11. The fraction of sp³-hybridized carbons (Fsp3) is 0.368. The molecule has 5 nitrogen and oxygen atoms in total. The Bertz CT molecular complexity index is 804. The summed E-state index contributed by atoms with van der Waals surface area (Å²) in [5.41, 5.74) is 2.45. The summed E-state index contributed by atoms with van der Waals surface area (Å²) in [4.78, 5) is 22.2. The highest BCUT2D eigenvalue weighted by Gasteiger charge is 2.21. The SMILES string of the molecule is CN=C(NCC(=O)N1CCc2sccc2C1)N(C)Cc1ccccc1Br. The number of hydrogen-bond donors (Lipinski definition) is 1. The lowest BCUT2D eigenvalue weighted by molar-refractivity contribution is -0.130. The second-order valence-electron chi connectivity index (χ2n) is 6.28. The second kappa shape index (κ2) is 8.68. The van der Waals surface area contributed by atoms with Crippen LogP contribution in [-0.2, 0) is 24.3 Å². The number of hydrogen-bond acceptors (Lipinski definition) is 3. The first kappa shape index (κ1) is 18.9. The Morgan fingerprint density at radius 2 is 2.19 bits per heavy atom. The third-order valence-corrected chi connectivity index (χ3v) is 6.29. The third-order valence-electron chi connectivity index (χ3n) is 4.50. The molecule has 7 heteroatoms. The lowest BCUT2D eigenvalue weighted by Gasteiger charge is -2.28. The Kier molecular flexibility index (Phi) is 6.32. The summed E-state index contributed by atoms with van der Waals surface area (Å²) in [6.45, 7) is 2.47. The van der Waals surface area contributed by atoms with Gasteiger partial charge in [0, 0.05) is 43.1 Å². The van der Waals surface area contributed by atoms with Crippen molar-refractivity contribution >= 4 is 39.1 Å². The largest absolute Gasteiger partial charge is 0.347 e. The molecule has 1 aromatic carbocycles. The van der Waals surface area contributed by atoms with E-state index in [0.717, 1.165) is 17.4 Å². The van der Waals surface area contributed by atoms with Crippen molar-refractivity contribution in [3.8, 4) is 0 Å². The molecule has 138 valence electrons. The van der Waals surface area contributed by atoms with Crippen LogP contribution >= 0.6 is 27.3 Å². The number of thiophene rings is 1. The van der Waals surface area contributed by atoms with Crippen molar-refractivity contribution in [2.45, 2.75) is 19.5 Å². The summed E-state index contributed by atoms with van der Waals surface area (Å²) in [6.07, 6.45) is 0.954. The number of nitrogens with zero attached hydrogens (tertiary/aromatic N) is 3. The number of carbonyl (C=O) groups is 1. The zero-order valence-corrected chi connectivity index (χ0v) is 17.4. The highest BCUT2D eigenvalue weighted by atomic mass is 79.9. The molecule has 1 aliphatic heterocycles. The molecule has 0 unspecified atom stereocenters.